The van der Waals surface area contributed by atoms with Crippen molar-refractivity contribution in [2.45, 2.75) is 51.0 Å². The molecule has 4 nitrogen and oxygen atoms in total. The van der Waals surface area contributed by atoms with Crippen LogP contribution in [-0.4, -0.2) is 22.5 Å². The number of hydrogen-bond donors (Lipinski definition) is 2. The Balaban J connectivity index is 1.86. The van der Waals surface area contributed by atoms with Crippen molar-refractivity contribution < 1.29 is 14.7 Å². The van der Waals surface area contributed by atoms with Crippen molar-refractivity contribution in [3.63, 3.8) is 0 Å². The molecule has 22 heavy (non-hydrogen) atoms. The highest BCUT2D eigenvalue weighted by Gasteiger charge is 2.45. The highest BCUT2D eigenvalue weighted by molar-refractivity contribution is 5.88. The van der Waals surface area contributed by atoms with Crippen molar-refractivity contribution in [3.05, 3.63) is 41.5 Å². The Morgan fingerprint density at radius 2 is 1.91 bits per heavy atom. The minimum Gasteiger partial charge on any atom is -0.480 e. The zero-order valence-corrected chi connectivity index (χ0v) is 13.1. The monoisotopic (exact) mass is 301 g/mol. The second kappa shape index (κ2) is 6.77. The first-order chi connectivity index (χ1) is 10.4. The number of carboxylic acids is 1. The Morgan fingerprint density at radius 1 is 1.27 bits per heavy atom. The van der Waals surface area contributed by atoms with Crippen molar-refractivity contribution in [1.29, 1.82) is 0 Å². The third-order valence-electron chi connectivity index (χ3n) is 4.21. The zero-order chi connectivity index (χ0) is 16.2. The minimum atomic E-state index is -1.02. The normalized spacial score (nSPS) is 16.5. The molecule has 1 aromatic rings. The van der Waals surface area contributed by atoms with E-state index in [1.807, 2.05) is 18.2 Å². The summed E-state index contributed by atoms with van der Waals surface area (Å²) in [7, 11) is 0. The summed E-state index contributed by atoms with van der Waals surface area (Å²) in [6, 6.07) is 8.21. The van der Waals surface area contributed by atoms with Crippen molar-refractivity contribution in [2.24, 2.45) is 0 Å². The van der Waals surface area contributed by atoms with Gasteiger partial charge in [-0.05, 0) is 36.3 Å². The van der Waals surface area contributed by atoms with Crippen molar-refractivity contribution in [3.8, 4) is 0 Å². The fourth-order valence-corrected chi connectivity index (χ4v) is 2.53. The average Bonchev–Trinajstić information content (AvgIpc) is 2.43. The van der Waals surface area contributed by atoms with Crippen LogP contribution >= 0.6 is 0 Å². The fourth-order valence-electron chi connectivity index (χ4n) is 2.53. The summed E-state index contributed by atoms with van der Waals surface area (Å²) in [4.78, 5) is 23.1. The van der Waals surface area contributed by atoms with Gasteiger partial charge in [0.25, 0.3) is 0 Å². The molecule has 118 valence electrons. The zero-order valence-electron chi connectivity index (χ0n) is 13.1. The van der Waals surface area contributed by atoms with Gasteiger partial charge < -0.3 is 10.4 Å². The van der Waals surface area contributed by atoms with Crippen LogP contribution in [0.2, 0.25) is 0 Å². The first kappa shape index (κ1) is 16.3. The molecule has 1 amide bonds. The second-order valence-electron chi connectivity index (χ2n) is 6.22. The Morgan fingerprint density at radius 3 is 2.36 bits per heavy atom. The van der Waals surface area contributed by atoms with E-state index < -0.39 is 11.5 Å². The molecule has 0 radical (unpaired) electrons. The molecule has 0 aliphatic heterocycles. The Bertz CT molecular complexity index is 568. The van der Waals surface area contributed by atoms with Crippen LogP contribution in [0.25, 0.3) is 6.08 Å². The van der Waals surface area contributed by atoms with Crippen molar-refractivity contribution in [2.75, 3.05) is 0 Å². The number of benzene rings is 1. The van der Waals surface area contributed by atoms with Gasteiger partial charge in [0, 0.05) is 6.42 Å². The van der Waals surface area contributed by atoms with E-state index in [9.17, 15) is 14.7 Å². The van der Waals surface area contributed by atoms with Crippen molar-refractivity contribution in [1.82, 2.24) is 5.32 Å². The first-order valence-corrected chi connectivity index (χ1v) is 7.74. The first-order valence-electron chi connectivity index (χ1n) is 7.74. The third kappa shape index (κ3) is 3.75. The van der Waals surface area contributed by atoms with Gasteiger partial charge in [-0.3, -0.25) is 4.79 Å². The molecule has 1 saturated carbocycles. The summed E-state index contributed by atoms with van der Waals surface area (Å²) in [6.07, 6.45) is 5.75. The fraction of sp³-hybridized carbons (Fsp3) is 0.444. The number of carbonyl (C=O) groups is 2. The summed E-state index contributed by atoms with van der Waals surface area (Å²) >= 11 is 0. The molecule has 0 bridgehead atoms. The number of carboxylic acid groups (broad SMARTS) is 1. The van der Waals surface area contributed by atoms with Gasteiger partial charge in [0.2, 0.25) is 5.91 Å². The summed E-state index contributed by atoms with van der Waals surface area (Å²) in [5.74, 6) is -0.670. The predicted molar refractivity (Wildman–Crippen MR) is 86.5 cm³/mol. The van der Waals surface area contributed by atoms with Gasteiger partial charge in [0.15, 0.2) is 0 Å². The van der Waals surface area contributed by atoms with Crippen LogP contribution in [0.3, 0.4) is 0 Å². The van der Waals surface area contributed by atoms with Gasteiger partial charge >= 0.3 is 5.97 Å². The van der Waals surface area contributed by atoms with Gasteiger partial charge in [0.05, 0.1) is 0 Å². The third-order valence-corrected chi connectivity index (χ3v) is 4.21. The SMILES string of the molecule is CC(C)c1ccc(/C=C/CC(=O)NC2(C(=O)O)CCC2)cc1. The lowest BCUT2D eigenvalue weighted by atomic mass is 9.76. The van der Waals surface area contributed by atoms with Crippen LogP contribution in [0.15, 0.2) is 30.3 Å². The topological polar surface area (TPSA) is 66.4 Å². The van der Waals surface area contributed by atoms with E-state index in [0.717, 1.165) is 12.0 Å². The molecule has 2 N–H and O–H groups in total. The summed E-state index contributed by atoms with van der Waals surface area (Å²) in [5, 5.41) is 11.8. The summed E-state index contributed by atoms with van der Waals surface area (Å²) in [5.41, 5.74) is 1.29. The molecule has 1 aromatic carbocycles. The molecule has 1 aliphatic rings. The van der Waals surface area contributed by atoms with E-state index in [0.29, 0.717) is 18.8 Å². The molecule has 0 saturated heterocycles. The van der Waals surface area contributed by atoms with Crippen molar-refractivity contribution >= 4 is 18.0 Å². The van der Waals surface area contributed by atoms with E-state index in [1.54, 1.807) is 6.08 Å². The number of hydrogen-bond acceptors (Lipinski definition) is 2. The van der Waals surface area contributed by atoms with Gasteiger partial charge in [-0.25, -0.2) is 4.79 Å². The van der Waals surface area contributed by atoms with E-state index in [2.05, 4.69) is 31.3 Å². The number of rotatable bonds is 6. The van der Waals surface area contributed by atoms with Gasteiger partial charge in [0.1, 0.15) is 5.54 Å². The molecule has 0 atom stereocenters. The molecule has 0 heterocycles. The Labute approximate surface area is 131 Å². The van der Waals surface area contributed by atoms with Crippen LogP contribution in [0.5, 0.6) is 0 Å². The van der Waals surface area contributed by atoms with Gasteiger partial charge in [-0.15, -0.1) is 0 Å². The predicted octanol–water partition coefficient (Wildman–Crippen LogP) is 3.34. The van der Waals surface area contributed by atoms with E-state index in [1.165, 1.54) is 5.56 Å². The molecule has 1 aliphatic carbocycles. The summed E-state index contributed by atoms with van der Waals surface area (Å²) < 4.78 is 0. The van der Waals surface area contributed by atoms with Crippen LogP contribution in [0.4, 0.5) is 0 Å². The van der Waals surface area contributed by atoms with Crippen LogP contribution in [0, 0.1) is 0 Å². The largest absolute Gasteiger partial charge is 0.480 e. The highest BCUT2D eigenvalue weighted by atomic mass is 16.4. The molecular weight excluding hydrogens is 278 g/mol. The maximum atomic E-state index is 11.9. The number of nitrogens with one attached hydrogen (secondary N) is 1. The second-order valence-corrected chi connectivity index (χ2v) is 6.22. The standard InChI is InChI=1S/C18H23NO3/c1-13(2)15-9-7-14(8-10-15)5-3-6-16(20)19-18(17(21)22)11-4-12-18/h3,5,7-10,13H,4,6,11-12H2,1-2H3,(H,19,20)(H,21,22)/b5-3+. The molecular formula is C18H23NO3. The average molecular weight is 301 g/mol. The van der Waals surface area contributed by atoms with E-state index >= 15 is 0 Å². The molecule has 0 aromatic heterocycles. The molecule has 0 unspecified atom stereocenters. The van der Waals surface area contributed by atoms with Gasteiger partial charge in [-0.2, -0.15) is 0 Å². The molecule has 0 spiro atoms. The summed E-state index contributed by atoms with van der Waals surface area (Å²) in [6.45, 7) is 4.29. The lowest BCUT2D eigenvalue weighted by Crippen LogP contribution is -2.59. The molecule has 1 fully saturated rings. The Kier molecular flexibility index (Phi) is 5.01. The number of carbonyl (C=O) groups excluding carboxylic acids is 1. The van der Waals surface area contributed by atoms with Crippen LogP contribution in [-0.2, 0) is 9.59 Å². The van der Waals surface area contributed by atoms with Crippen LogP contribution in [0.1, 0.15) is 56.6 Å². The number of aliphatic carboxylic acids is 1. The number of amides is 1. The Hall–Kier alpha value is -2.10. The lowest BCUT2D eigenvalue weighted by molar-refractivity contribution is -0.151. The smallest absolute Gasteiger partial charge is 0.329 e. The quantitative estimate of drug-likeness (QED) is 0.847. The van der Waals surface area contributed by atoms with E-state index in [-0.39, 0.29) is 12.3 Å². The lowest BCUT2D eigenvalue weighted by Gasteiger charge is -2.38. The maximum Gasteiger partial charge on any atom is 0.329 e. The van der Waals surface area contributed by atoms with Gasteiger partial charge in [-0.1, -0.05) is 50.3 Å². The molecule has 4 heteroatoms. The minimum absolute atomic E-state index is 0.195. The van der Waals surface area contributed by atoms with Crippen LogP contribution < -0.4 is 5.32 Å². The maximum absolute atomic E-state index is 11.9. The van der Waals surface area contributed by atoms with E-state index in [4.69, 9.17) is 0 Å². The highest BCUT2D eigenvalue weighted by Crippen LogP contribution is 2.32. The molecule has 2 rings (SSSR count).